The minimum Gasteiger partial charge on any atom is -0.444 e. The Morgan fingerprint density at radius 2 is 1.78 bits per heavy atom. The maximum atomic E-state index is 11.6. The van der Waals surface area contributed by atoms with Gasteiger partial charge in [-0.3, -0.25) is 4.99 Å². The Kier molecular flexibility index (Phi) is 17.1. The summed E-state index contributed by atoms with van der Waals surface area (Å²) < 4.78 is 5.21. The van der Waals surface area contributed by atoms with Gasteiger partial charge in [-0.15, -0.1) is 24.0 Å². The Balaban J connectivity index is 0. The highest BCUT2D eigenvalue weighted by Crippen LogP contribution is 2.06. The molecule has 0 saturated heterocycles. The normalized spacial score (nSPS) is 13.0. The second kappa shape index (κ2) is 16.2. The topological polar surface area (TPSA) is 78.0 Å². The third-order valence-corrected chi connectivity index (χ3v) is 3.78. The average Bonchev–Trinajstić information content (AvgIpc) is 2.54. The highest BCUT2D eigenvalue weighted by Gasteiger charge is 2.15. The highest BCUT2D eigenvalue weighted by molar-refractivity contribution is 14.0. The number of nitrogens with zero attached hydrogens (tertiary/aromatic N) is 2. The zero-order valence-electron chi connectivity index (χ0n) is 18.4. The fourth-order valence-electron chi connectivity index (χ4n) is 2.43. The van der Waals surface area contributed by atoms with Gasteiger partial charge < -0.3 is 25.6 Å². The molecule has 0 aliphatic rings. The molecule has 0 aliphatic heterocycles. The van der Waals surface area contributed by atoms with E-state index < -0.39 is 11.7 Å². The van der Waals surface area contributed by atoms with Crippen LogP contribution in [0.4, 0.5) is 4.79 Å². The van der Waals surface area contributed by atoms with Crippen LogP contribution in [0.15, 0.2) is 4.99 Å². The molecule has 3 N–H and O–H groups in total. The van der Waals surface area contributed by atoms with Gasteiger partial charge >= 0.3 is 6.09 Å². The molecule has 0 heterocycles. The first-order valence-corrected chi connectivity index (χ1v) is 9.95. The van der Waals surface area contributed by atoms with Gasteiger partial charge in [0, 0.05) is 19.1 Å². The molecule has 27 heavy (non-hydrogen) atoms. The van der Waals surface area contributed by atoms with Crippen LogP contribution in [0.1, 0.15) is 61.3 Å². The molecule has 0 radical (unpaired) electrons. The number of alkyl carbamates (subject to hydrolysis) is 1. The molecule has 8 heteroatoms. The number of nitrogens with one attached hydrogen (secondary N) is 3. The minimum atomic E-state index is -0.482. The highest BCUT2D eigenvalue weighted by atomic mass is 127. The Hall–Kier alpha value is -0.770. The van der Waals surface area contributed by atoms with E-state index in [1.54, 1.807) is 0 Å². The zero-order chi connectivity index (χ0) is 20.0. The standard InChI is InChI=1S/C19H41N5O2.HI/c1-8-20-17(21-13-14-22-18(25)26-19(5,6)7)23-16(4)12-11-15-24(9-2)10-3;/h16H,8-15H2,1-7H3,(H,22,25)(H2,20,21,23);1H. The monoisotopic (exact) mass is 499 g/mol. The number of ether oxygens (including phenoxy) is 1. The summed E-state index contributed by atoms with van der Waals surface area (Å²) >= 11 is 0. The van der Waals surface area contributed by atoms with Gasteiger partial charge in [0.25, 0.3) is 0 Å². The van der Waals surface area contributed by atoms with Crippen molar-refractivity contribution in [1.82, 2.24) is 20.9 Å². The molecule has 0 aliphatic carbocycles. The van der Waals surface area contributed by atoms with Crippen molar-refractivity contribution in [1.29, 1.82) is 0 Å². The van der Waals surface area contributed by atoms with Crippen molar-refractivity contribution < 1.29 is 9.53 Å². The first-order valence-electron chi connectivity index (χ1n) is 9.95. The van der Waals surface area contributed by atoms with E-state index in [1.165, 1.54) is 0 Å². The molecule has 0 fully saturated rings. The van der Waals surface area contributed by atoms with E-state index in [-0.39, 0.29) is 24.0 Å². The predicted octanol–water partition coefficient (Wildman–Crippen LogP) is 3.19. The van der Waals surface area contributed by atoms with E-state index in [2.05, 4.69) is 46.6 Å². The van der Waals surface area contributed by atoms with Crippen molar-refractivity contribution in [2.75, 3.05) is 39.3 Å². The third kappa shape index (κ3) is 17.1. The maximum Gasteiger partial charge on any atom is 0.407 e. The second-order valence-electron chi connectivity index (χ2n) is 7.40. The lowest BCUT2D eigenvalue weighted by Crippen LogP contribution is -2.43. The minimum absolute atomic E-state index is 0. The van der Waals surface area contributed by atoms with Crippen LogP contribution in [0, 0.1) is 0 Å². The van der Waals surface area contributed by atoms with Crippen LogP contribution >= 0.6 is 24.0 Å². The van der Waals surface area contributed by atoms with Gasteiger partial charge in [0.1, 0.15) is 5.60 Å². The smallest absolute Gasteiger partial charge is 0.407 e. The van der Waals surface area contributed by atoms with Crippen LogP contribution in [0.2, 0.25) is 0 Å². The number of carbonyl (C=O) groups is 1. The molecule has 1 unspecified atom stereocenters. The Bertz CT molecular complexity index is 409. The molecule has 0 rings (SSSR count). The fourth-order valence-corrected chi connectivity index (χ4v) is 2.43. The number of halogens is 1. The maximum absolute atomic E-state index is 11.6. The van der Waals surface area contributed by atoms with Crippen molar-refractivity contribution in [2.24, 2.45) is 4.99 Å². The SMILES string of the molecule is CCNC(=NCCNC(=O)OC(C)(C)C)NC(C)CCCN(CC)CC.I. The van der Waals surface area contributed by atoms with Gasteiger partial charge in [-0.2, -0.15) is 0 Å². The fraction of sp³-hybridized carbons (Fsp3) is 0.895. The molecule has 0 aromatic heterocycles. The predicted molar refractivity (Wildman–Crippen MR) is 125 cm³/mol. The van der Waals surface area contributed by atoms with Crippen molar-refractivity contribution in [3.05, 3.63) is 0 Å². The van der Waals surface area contributed by atoms with E-state index >= 15 is 0 Å². The molecule has 1 atom stereocenters. The third-order valence-electron chi connectivity index (χ3n) is 3.78. The zero-order valence-corrected chi connectivity index (χ0v) is 20.7. The molecule has 0 bridgehead atoms. The van der Waals surface area contributed by atoms with E-state index in [0.717, 1.165) is 45.0 Å². The quantitative estimate of drug-likeness (QED) is 0.176. The van der Waals surface area contributed by atoms with Crippen molar-refractivity contribution in [3.8, 4) is 0 Å². The van der Waals surface area contributed by atoms with Gasteiger partial charge in [-0.1, -0.05) is 13.8 Å². The van der Waals surface area contributed by atoms with Crippen molar-refractivity contribution in [2.45, 2.75) is 73.0 Å². The number of carbonyl (C=O) groups excluding carboxylic acids is 1. The van der Waals surface area contributed by atoms with Crippen LogP contribution < -0.4 is 16.0 Å². The summed E-state index contributed by atoms with van der Waals surface area (Å²) in [5.74, 6) is 0.786. The molecule has 0 aromatic carbocycles. The van der Waals surface area contributed by atoms with E-state index in [0.29, 0.717) is 19.1 Å². The number of rotatable bonds is 11. The molecule has 1 amide bonds. The summed E-state index contributed by atoms with van der Waals surface area (Å²) in [6.45, 7) is 19.2. The van der Waals surface area contributed by atoms with E-state index in [9.17, 15) is 4.79 Å². The average molecular weight is 499 g/mol. The number of amides is 1. The lowest BCUT2D eigenvalue weighted by Gasteiger charge is -2.21. The van der Waals surface area contributed by atoms with Gasteiger partial charge in [0.05, 0.1) is 6.54 Å². The Morgan fingerprint density at radius 3 is 2.30 bits per heavy atom. The van der Waals surface area contributed by atoms with Gasteiger partial charge in [0.15, 0.2) is 5.96 Å². The van der Waals surface area contributed by atoms with Crippen LogP contribution in [0.5, 0.6) is 0 Å². The first-order chi connectivity index (χ1) is 12.2. The van der Waals surface area contributed by atoms with E-state index in [4.69, 9.17) is 4.74 Å². The summed E-state index contributed by atoms with van der Waals surface area (Å²) in [6, 6.07) is 0.349. The molecule has 0 saturated carbocycles. The largest absolute Gasteiger partial charge is 0.444 e. The van der Waals surface area contributed by atoms with Gasteiger partial charge in [-0.05, 0) is 67.1 Å². The van der Waals surface area contributed by atoms with E-state index in [1.807, 2.05) is 27.7 Å². The summed E-state index contributed by atoms with van der Waals surface area (Å²) in [5.41, 5.74) is -0.482. The summed E-state index contributed by atoms with van der Waals surface area (Å²) in [4.78, 5) is 18.6. The summed E-state index contributed by atoms with van der Waals surface area (Å²) in [6.07, 6.45) is 1.85. The Labute approximate surface area is 183 Å². The van der Waals surface area contributed by atoms with Crippen LogP contribution in [-0.2, 0) is 4.74 Å². The first kappa shape index (κ1) is 28.4. The van der Waals surface area contributed by atoms with Crippen LogP contribution in [-0.4, -0.2) is 67.9 Å². The van der Waals surface area contributed by atoms with Crippen LogP contribution in [0.25, 0.3) is 0 Å². The molecule has 0 spiro atoms. The molecule has 7 nitrogen and oxygen atoms in total. The van der Waals surface area contributed by atoms with Crippen molar-refractivity contribution >= 4 is 36.0 Å². The number of hydrogen-bond acceptors (Lipinski definition) is 4. The number of guanidine groups is 1. The molecule has 0 aromatic rings. The van der Waals surface area contributed by atoms with Gasteiger partial charge in [0.2, 0.25) is 0 Å². The molecular formula is C19H42IN5O2. The Morgan fingerprint density at radius 1 is 1.15 bits per heavy atom. The number of hydrogen-bond donors (Lipinski definition) is 3. The van der Waals surface area contributed by atoms with Crippen LogP contribution in [0.3, 0.4) is 0 Å². The summed E-state index contributed by atoms with van der Waals surface area (Å²) in [7, 11) is 0. The second-order valence-corrected chi connectivity index (χ2v) is 7.40. The lowest BCUT2D eigenvalue weighted by molar-refractivity contribution is 0.0529. The number of aliphatic imine (C=N–C) groups is 1. The lowest BCUT2D eigenvalue weighted by atomic mass is 10.2. The molecule has 162 valence electrons. The molecular weight excluding hydrogens is 457 g/mol. The van der Waals surface area contributed by atoms with Crippen molar-refractivity contribution in [3.63, 3.8) is 0 Å². The van der Waals surface area contributed by atoms with Gasteiger partial charge in [-0.25, -0.2) is 4.79 Å². The summed E-state index contributed by atoms with van der Waals surface area (Å²) in [5, 5.41) is 9.40.